The van der Waals surface area contributed by atoms with Gasteiger partial charge in [0.2, 0.25) is 10.0 Å². The quantitative estimate of drug-likeness (QED) is 0.561. The number of nitrogens with one attached hydrogen (secondary N) is 1. The Hall–Kier alpha value is -0.790. The van der Waals surface area contributed by atoms with Gasteiger partial charge in [-0.3, -0.25) is 0 Å². The molecule has 0 spiro atoms. The number of halogens is 1. The lowest BCUT2D eigenvalue weighted by atomic mass is 10.2. The van der Waals surface area contributed by atoms with Gasteiger partial charge in [0.25, 0.3) is 0 Å². The molecule has 0 atom stereocenters. The van der Waals surface area contributed by atoms with E-state index < -0.39 is 10.0 Å². The second kappa shape index (κ2) is 5.51. The summed E-state index contributed by atoms with van der Waals surface area (Å²) in [4.78, 5) is 0. The summed E-state index contributed by atoms with van der Waals surface area (Å²) in [6.07, 6.45) is 0.453. The summed E-state index contributed by atoms with van der Waals surface area (Å²) >= 11 is 3.30. The van der Waals surface area contributed by atoms with Crippen LogP contribution in [0.3, 0.4) is 0 Å². The van der Waals surface area contributed by atoms with Crippen molar-refractivity contribution in [2.45, 2.75) is 6.42 Å². The van der Waals surface area contributed by atoms with Crippen molar-refractivity contribution in [3.8, 4) is 0 Å². The van der Waals surface area contributed by atoms with Crippen LogP contribution in [0.25, 0.3) is 0 Å². The van der Waals surface area contributed by atoms with E-state index in [4.69, 9.17) is 10.9 Å². The Morgan fingerprint density at radius 1 is 1.38 bits per heavy atom. The van der Waals surface area contributed by atoms with Crippen molar-refractivity contribution in [1.29, 1.82) is 0 Å². The first-order chi connectivity index (χ1) is 7.38. The van der Waals surface area contributed by atoms with Crippen LogP contribution in [0.2, 0.25) is 0 Å². The van der Waals surface area contributed by atoms with Gasteiger partial charge in [0.05, 0.1) is 17.1 Å². The Morgan fingerprint density at radius 3 is 2.62 bits per heavy atom. The fraction of sp³-hybridized carbons (Fsp3) is 0.333. The van der Waals surface area contributed by atoms with Gasteiger partial charge in [0, 0.05) is 11.0 Å². The van der Waals surface area contributed by atoms with Crippen LogP contribution in [0.1, 0.15) is 6.42 Å². The molecule has 0 fully saturated rings. The molecule has 1 aromatic carbocycles. The minimum Gasteiger partial charge on any atom is -0.397 e. The molecule has 0 unspecified atom stereocenters. The van der Waals surface area contributed by atoms with E-state index in [1.54, 1.807) is 6.07 Å². The Balaban J connectivity index is 2.43. The molecule has 0 aliphatic heterocycles. The zero-order valence-electron chi connectivity index (χ0n) is 8.61. The molecular formula is C9H14BrN3O2S. The summed E-state index contributed by atoms with van der Waals surface area (Å²) in [6, 6.07) is 5.47. The molecule has 0 aliphatic carbocycles. The molecule has 0 bridgehead atoms. The summed E-state index contributed by atoms with van der Waals surface area (Å²) in [5.74, 6) is -0.0313. The molecule has 0 radical (unpaired) electrons. The zero-order chi connectivity index (χ0) is 12.2. The molecule has 0 amide bonds. The predicted octanol–water partition coefficient (Wildman–Crippen LogP) is 1.12. The van der Waals surface area contributed by atoms with Crippen molar-refractivity contribution in [3.63, 3.8) is 0 Å². The second-order valence-electron chi connectivity index (χ2n) is 3.38. The number of nitrogens with two attached hydrogens (primary N) is 2. The smallest absolute Gasteiger partial charge is 0.209 e. The van der Waals surface area contributed by atoms with Crippen molar-refractivity contribution in [1.82, 2.24) is 0 Å². The van der Waals surface area contributed by atoms with E-state index in [-0.39, 0.29) is 5.75 Å². The number of nitrogen functional groups attached to an aromatic ring is 1. The van der Waals surface area contributed by atoms with Crippen LogP contribution >= 0.6 is 15.9 Å². The number of primary sulfonamides is 1. The maximum atomic E-state index is 10.7. The SMILES string of the molecule is Nc1cc(Br)ccc1NCCCS(N)(=O)=O. The van der Waals surface area contributed by atoms with Gasteiger partial charge in [0.1, 0.15) is 0 Å². The Bertz CT molecular complexity index is 462. The van der Waals surface area contributed by atoms with Gasteiger partial charge in [-0.1, -0.05) is 15.9 Å². The van der Waals surface area contributed by atoms with E-state index in [0.29, 0.717) is 18.7 Å². The first kappa shape index (κ1) is 13.3. The van der Waals surface area contributed by atoms with Gasteiger partial charge in [-0.15, -0.1) is 0 Å². The fourth-order valence-electron chi connectivity index (χ4n) is 1.19. The van der Waals surface area contributed by atoms with Crippen molar-refractivity contribution < 1.29 is 8.42 Å². The molecule has 1 rings (SSSR count). The summed E-state index contributed by atoms with van der Waals surface area (Å²) in [5, 5.41) is 7.93. The molecule has 0 heterocycles. The van der Waals surface area contributed by atoms with Crippen LogP contribution in [0.5, 0.6) is 0 Å². The molecule has 5 N–H and O–H groups in total. The second-order valence-corrected chi connectivity index (χ2v) is 6.03. The lowest BCUT2D eigenvalue weighted by molar-refractivity contribution is 0.596. The number of rotatable bonds is 5. The van der Waals surface area contributed by atoms with E-state index in [1.807, 2.05) is 12.1 Å². The van der Waals surface area contributed by atoms with Gasteiger partial charge in [0.15, 0.2) is 0 Å². The number of hydrogen-bond acceptors (Lipinski definition) is 4. The summed E-state index contributed by atoms with van der Waals surface area (Å²) in [7, 11) is -3.37. The van der Waals surface area contributed by atoms with Gasteiger partial charge in [-0.25, -0.2) is 13.6 Å². The summed E-state index contributed by atoms with van der Waals surface area (Å²) in [5.41, 5.74) is 7.16. The van der Waals surface area contributed by atoms with Gasteiger partial charge in [-0.05, 0) is 24.6 Å². The van der Waals surface area contributed by atoms with Crippen LogP contribution in [-0.2, 0) is 10.0 Å². The Morgan fingerprint density at radius 2 is 2.06 bits per heavy atom. The number of sulfonamides is 1. The van der Waals surface area contributed by atoms with Crippen LogP contribution in [0.4, 0.5) is 11.4 Å². The Kier molecular flexibility index (Phi) is 4.57. The van der Waals surface area contributed by atoms with Gasteiger partial charge in [-0.2, -0.15) is 0 Å². The third kappa shape index (κ3) is 4.82. The molecule has 7 heteroatoms. The average Bonchev–Trinajstić information content (AvgIpc) is 2.13. The lowest BCUT2D eigenvalue weighted by Crippen LogP contribution is -2.18. The maximum Gasteiger partial charge on any atom is 0.209 e. The van der Waals surface area contributed by atoms with Crippen LogP contribution in [-0.4, -0.2) is 20.7 Å². The zero-order valence-corrected chi connectivity index (χ0v) is 11.0. The average molecular weight is 308 g/mol. The highest BCUT2D eigenvalue weighted by molar-refractivity contribution is 9.10. The topological polar surface area (TPSA) is 98.2 Å². The molecule has 5 nitrogen and oxygen atoms in total. The van der Waals surface area contributed by atoms with Gasteiger partial charge < -0.3 is 11.1 Å². The van der Waals surface area contributed by atoms with Crippen molar-refractivity contribution >= 4 is 37.3 Å². The number of anilines is 2. The number of hydrogen-bond donors (Lipinski definition) is 3. The molecule has 0 aromatic heterocycles. The Labute approximate surface area is 103 Å². The highest BCUT2D eigenvalue weighted by Gasteiger charge is 2.02. The van der Waals surface area contributed by atoms with E-state index in [9.17, 15) is 8.42 Å². The molecule has 1 aromatic rings. The minimum atomic E-state index is -3.37. The standard InChI is InChI=1S/C9H14BrN3O2S/c10-7-2-3-9(8(11)6-7)13-4-1-5-16(12,14)15/h2-3,6,13H,1,4-5,11H2,(H2,12,14,15). The van der Waals surface area contributed by atoms with Crippen LogP contribution in [0, 0.1) is 0 Å². The first-order valence-corrected chi connectivity index (χ1v) is 7.19. The van der Waals surface area contributed by atoms with Gasteiger partial charge >= 0.3 is 0 Å². The molecular weight excluding hydrogens is 294 g/mol. The molecule has 0 aliphatic rings. The van der Waals surface area contributed by atoms with E-state index in [2.05, 4.69) is 21.2 Å². The van der Waals surface area contributed by atoms with Crippen LogP contribution in [0.15, 0.2) is 22.7 Å². The van der Waals surface area contributed by atoms with Crippen molar-refractivity contribution in [2.24, 2.45) is 5.14 Å². The van der Waals surface area contributed by atoms with Crippen molar-refractivity contribution in [3.05, 3.63) is 22.7 Å². The van der Waals surface area contributed by atoms with E-state index >= 15 is 0 Å². The van der Waals surface area contributed by atoms with Crippen molar-refractivity contribution in [2.75, 3.05) is 23.3 Å². The molecule has 90 valence electrons. The predicted molar refractivity (Wildman–Crippen MR) is 69.6 cm³/mol. The summed E-state index contributed by atoms with van der Waals surface area (Å²) < 4.78 is 22.2. The third-order valence-electron chi connectivity index (χ3n) is 1.93. The molecule has 0 saturated carbocycles. The highest BCUT2D eigenvalue weighted by atomic mass is 79.9. The highest BCUT2D eigenvalue weighted by Crippen LogP contribution is 2.22. The number of benzene rings is 1. The monoisotopic (exact) mass is 307 g/mol. The van der Waals surface area contributed by atoms with E-state index in [1.165, 1.54) is 0 Å². The third-order valence-corrected chi connectivity index (χ3v) is 3.29. The fourth-order valence-corrected chi connectivity index (χ4v) is 2.12. The minimum absolute atomic E-state index is 0.0313. The van der Waals surface area contributed by atoms with E-state index in [0.717, 1.165) is 10.2 Å². The molecule has 16 heavy (non-hydrogen) atoms. The maximum absolute atomic E-state index is 10.7. The molecule has 0 saturated heterocycles. The first-order valence-electron chi connectivity index (χ1n) is 4.68. The lowest BCUT2D eigenvalue weighted by Gasteiger charge is -2.08. The normalized spacial score (nSPS) is 11.4. The largest absolute Gasteiger partial charge is 0.397 e. The summed E-state index contributed by atoms with van der Waals surface area (Å²) in [6.45, 7) is 0.516. The van der Waals surface area contributed by atoms with Crippen LogP contribution < -0.4 is 16.2 Å².